The normalized spacial score (nSPS) is 16.6. The number of imide groups is 4. The smallest absolute Gasteiger partial charge is 0.471 e. The fraction of sp³-hybridized carbons (Fsp3) is 0.372. The molecule has 133 heavy (non-hydrogen) atoms. The number of halogens is 5. The second-order valence-corrected chi connectivity index (χ2v) is 36.2. The lowest BCUT2D eigenvalue weighted by Gasteiger charge is -2.34. The van der Waals surface area contributed by atoms with E-state index in [0.29, 0.717) is 82.1 Å². The summed E-state index contributed by atoms with van der Waals surface area (Å²) in [6.45, 7) is 12.9. The van der Waals surface area contributed by atoms with Crippen molar-refractivity contribution in [2.75, 3.05) is 39.4 Å². The van der Waals surface area contributed by atoms with Crippen molar-refractivity contribution in [1.82, 2.24) is 71.2 Å². The summed E-state index contributed by atoms with van der Waals surface area (Å²) in [6, 6.07) is 27.8. The minimum Gasteiger partial charge on any atom is -0.484 e. The number of carboxylic acids is 1. The molecule has 6 aliphatic heterocycles. The number of carbonyl (C=O) groups excluding carboxylic acids is 12. The number of carbonyl (C=O) groups is 13. The number of carboxylic acid groups (broad SMARTS) is 1. The maximum absolute atomic E-state index is 13.6. The maximum Gasteiger partial charge on any atom is 0.471 e. The van der Waals surface area contributed by atoms with E-state index in [2.05, 4.69) is 74.7 Å². The highest BCUT2D eigenvalue weighted by molar-refractivity contribution is 7.15. The molecule has 32 nitrogen and oxygen atoms in total. The number of alkyl halides is 3. The van der Waals surface area contributed by atoms with Gasteiger partial charge in [-0.2, -0.15) is 13.2 Å². The van der Waals surface area contributed by atoms with Crippen molar-refractivity contribution in [2.45, 2.75) is 187 Å². The number of thiophene rings is 2. The Balaban J connectivity index is 0.000000175. The number of aromatic nitrogens is 6. The zero-order valence-electron chi connectivity index (χ0n) is 73.4. The van der Waals surface area contributed by atoms with Gasteiger partial charge in [0.2, 0.25) is 29.5 Å². The van der Waals surface area contributed by atoms with Crippen LogP contribution in [0.3, 0.4) is 0 Å². The average Bonchev–Trinajstić information content (AvgIpc) is 1.73. The number of unbranched alkanes of at least 4 members (excludes halogenated alkanes) is 10. The fourth-order valence-electron chi connectivity index (χ4n) is 16.8. The van der Waals surface area contributed by atoms with Crippen LogP contribution in [0.25, 0.3) is 31.5 Å². The summed E-state index contributed by atoms with van der Waals surface area (Å²) in [6.07, 6.45) is 4.91. The molecule has 4 aromatic heterocycles. The number of hydrogen-bond donors (Lipinski definition) is 7. The predicted octanol–water partition coefficient (Wildman–Crippen LogP) is 13.4. The van der Waals surface area contributed by atoms with Crippen molar-refractivity contribution in [1.29, 1.82) is 0 Å². The van der Waals surface area contributed by atoms with Crippen molar-refractivity contribution in [2.24, 2.45) is 9.98 Å². The maximum atomic E-state index is 13.6. The summed E-state index contributed by atoms with van der Waals surface area (Å²) in [5.74, 6) is -5.39. The van der Waals surface area contributed by atoms with Gasteiger partial charge in [0.1, 0.15) is 57.3 Å². The minimum absolute atomic E-state index is 0.00196. The summed E-state index contributed by atoms with van der Waals surface area (Å²) < 4.78 is 51.8. The van der Waals surface area contributed by atoms with Crippen LogP contribution in [0, 0.1) is 41.5 Å². The third-order valence-electron chi connectivity index (χ3n) is 23.7. The Hall–Kier alpha value is -13.3. The van der Waals surface area contributed by atoms with Crippen molar-refractivity contribution >= 4 is 156 Å². The number of ether oxygens (including phenoxy) is 2. The Kier molecular flexibility index (Phi) is 30.3. The Morgan fingerprint density at radius 1 is 0.474 bits per heavy atom. The summed E-state index contributed by atoms with van der Waals surface area (Å²) in [4.78, 5) is 177. The van der Waals surface area contributed by atoms with Crippen LogP contribution in [0.4, 0.5) is 13.2 Å². The number of nitrogens with one attached hydrogen (secondary N) is 6. The highest BCUT2D eigenvalue weighted by Crippen LogP contribution is 2.44. The van der Waals surface area contributed by atoms with Crippen LogP contribution in [0.1, 0.15) is 236 Å². The molecular formula is C94H95Cl2F3N16O16S2. The van der Waals surface area contributed by atoms with E-state index in [1.807, 2.05) is 76.8 Å². The molecular weight excluding hydrogens is 1800 g/mol. The van der Waals surface area contributed by atoms with Crippen LogP contribution in [0.5, 0.6) is 11.5 Å². The van der Waals surface area contributed by atoms with E-state index in [-0.39, 0.29) is 110 Å². The lowest BCUT2D eigenvalue weighted by atomic mass is 9.91. The van der Waals surface area contributed by atoms with Gasteiger partial charge in [0.25, 0.3) is 35.4 Å². The highest BCUT2D eigenvalue weighted by atomic mass is 35.5. The van der Waals surface area contributed by atoms with Gasteiger partial charge in [-0.1, -0.05) is 123 Å². The zero-order chi connectivity index (χ0) is 94.8. The second-order valence-electron chi connectivity index (χ2n) is 32.9. The molecule has 0 bridgehead atoms. The molecule has 2 fully saturated rings. The second kappa shape index (κ2) is 42.1. The monoisotopic (exact) mass is 1890 g/mol. The molecule has 2 unspecified atom stereocenters. The molecule has 0 radical (unpaired) electrons. The Morgan fingerprint density at radius 3 is 1.23 bits per heavy atom. The highest BCUT2D eigenvalue weighted by Gasteiger charge is 2.46. The first-order valence-corrected chi connectivity index (χ1v) is 46.0. The molecule has 2 saturated heterocycles. The number of nitrogens with zero attached hydrogens (tertiary/aromatic N) is 10. The standard InChI is InChI=1S/C46H47ClN8O7S.C29H31F3N4O7.C19H17ClN4O2S/c1-25-26(2)63-46-39(25)41(28-13-15-30(47)16-14-28)50-34(42-53-52-27(3)54(42)46)23-37(57)48-19-8-6-4-5-7-9-20-49-38(58)24-62-31-21-29-11-10-12-32-40(29)33(22-31)45(61)55(44(32)60)35-17-18-36(56)51-43(35)59;30-29(31,32)28(42)34-13-6-4-2-1-3-5-12-33-23(38)16-43-18-14-17-8-7-9-19-24(17)20(15-18)27(41)36(26(19)40)21-10-11-22(37)35-25(21)39;1-9-10(2)27-19-16(9)17(12-4-6-13(20)7-5-12)21-14(8-15(25)26)18-23-22-11(3)24(18)19/h10-16,21-22,34-35H,4-9,17-20,23-24H2,1-3H3,(H,48,57)(H,49,58)(H,51,56,59);7-9,14-15,21H,1-6,10-13,16H2,(H,33,38)(H,34,42)(H,35,37,39);4-7,14H,8H2,1-3H3,(H,25,26)/t34-,35?;;14-/m0.0/s1. The molecule has 7 N–H and O–H groups in total. The first kappa shape index (κ1) is 95.8. The zero-order valence-corrected chi connectivity index (χ0v) is 76.6. The topological polar surface area (TPSA) is 425 Å². The first-order valence-electron chi connectivity index (χ1n) is 43.6. The number of hydrogen-bond acceptors (Lipinski definition) is 23. The minimum atomic E-state index is -4.87. The van der Waals surface area contributed by atoms with E-state index in [0.717, 1.165) is 134 Å². The molecule has 694 valence electrons. The quantitative estimate of drug-likeness (QED) is 0.0152. The van der Waals surface area contributed by atoms with Crippen LogP contribution in [-0.4, -0.2) is 190 Å². The Labute approximate surface area is 778 Å². The van der Waals surface area contributed by atoms with E-state index in [1.165, 1.54) is 21.9 Å². The molecule has 0 saturated carbocycles. The summed E-state index contributed by atoms with van der Waals surface area (Å²) in [7, 11) is 0. The lowest BCUT2D eigenvalue weighted by molar-refractivity contribution is -0.173. The van der Waals surface area contributed by atoms with Crippen LogP contribution in [0.15, 0.2) is 119 Å². The van der Waals surface area contributed by atoms with Crippen LogP contribution in [-0.2, 0) is 43.2 Å². The van der Waals surface area contributed by atoms with Gasteiger partial charge in [-0.25, -0.2) is 0 Å². The van der Waals surface area contributed by atoms with Gasteiger partial charge in [0, 0.05) is 103 Å². The number of fused-ring (bicyclic) bond motifs is 6. The summed E-state index contributed by atoms with van der Waals surface area (Å²) in [5, 5.41) is 46.9. The molecule has 12 amide bonds. The third-order valence-corrected chi connectivity index (χ3v) is 26.5. The number of piperidine rings is 2. The average molecular weight is 1900 g/mol. The van der Waals surface area contributed by atoms with Crippen LogP contribution < -0.4 is 41.4 Å². The van der Waals surface area contributed by atoms with E-state index < -0.39 is 89.5 Å². The summed E-state index contributed by atoms with van der Waals surface area (Å²) >= 11 is 15.6. The van der Waals surface area contributed by atoms with Gasteiger partial charge in [0.15, 0.2) is 24.9 Å². The number of aryl methyl sites for hydroxylation is 4. The Bertz CT molecular complexity index is 6360. The number of aliphatic carboxylic acids is 1. The van der Waals surface area contributed by atoms with Gasteiger partial charge in [0.05, 0.1) is 35.4 Å². The third kappa shape index (κ3) is 21.8. The number of benzene rings is 6. The predicted molar refractivity (Wildman–Crippen MR) is 489 cm³/mol. The molecule has 0 aliphatic carbocycles. The molecule has 10 heterocycles. The van der Waals surface area contributed by atoms with Crippen molar-refractivity contribution < 1.29 is 90.1 Å². The molecule has 39 heteroatoms. The lowest BCUT2D eigenvalue weighted by Crippen LogP contribution is -2.57. The molecule has 4 atom stereocenters. The molecule has 16 rings (SSSR count). The number of aliphatic imine (C=N–C) groups is 2. The van der Waals surface area contributed by atoms with E-state index >= 15 is 0 Å². The number of amides is 12. The van der Waals surface area contributed by atoms with Crippen molar-refractivity contribution in [3.63, 3.8) is 0 Å². The van der Waals surface area contributed by atoms with Crippen LogP contribution in [0.2, 0.25) is 10.0 Å². The van der Waals surface area contributed by atoms with E-state index in [1.54, 1.807) is 71.2 Å². The van der Waals surface area contributed by atoms with Gasteiger partial charge >= 0.3 is 18.1 Å². The first-order chi connectivity index (χ1) is 63.7. The van der Waals surface area contributed by atoms with E-state index in [4.69, 9.17) is 42.7 Å². The molecule has 6 aromatic carbocycles. The SMILES string of the molecule is Cc1sc2c(c1C)C(c1ccc(Cl)cc1)=N[C@@H](CC(=O)NCCCCCCCCNC(=O)COc1cc3c4c(cccc4c1)C(=O)N(C1CCC(=O)NC1=O)C3=O)c1nnc(C)n1-2.Cc1sc2c(c1C)C(c1ccc(Cl)cc1)=N[C@@H](CC(=O)O)c1nnc(C)n1-2.O=C(COc1cc2c3c(cccc3c1)C(=O)N(C1CCC(=O)NC1=O)C2=O)NCCCCCCCCNC(=O)C(F)(F)F. The van der Waals surface area contributed by atoms with Gasteiger partial charge in [-0.3, -0.25) is 102 Å². The van der Waals surface area contributed by atoms with Crippen LogP contribution >= 0.6 is 45.9 Å². The summed E-state index contributed by atoms with van der Waals surface area (Å²) in [5.41, 5.74) is 8.52. The molecule has 0 spiro atoms. The Morgan fingerprint density at radius 2 is 0.842 bits per heavy atom. The fourth-order valence-corrected chi connectivity index (χ4v) is 19.4. The number of rotatable bonds is 32. The van der Waals surface area contributed by atoms with Crippen molar-refractivity contribution in [3.8, 4) is 21.5 Å². The van der Waals surface area contributed by atoms with Gasteiger partial charge < -0.3 is 35.8 Å². The van der Waals surface area contributed by atoms with Crippen molar-refractivity contribution in [3.05, 3.63) is 208 Å². The largest absolute Gasteiger partial charge is 0.484 e. The van der Waals surface area contributed by atoms with Gasteiger partial charge in [-0.15, -0.1) is 43.1 Å². The molecule has 10 aromatic rings. The molecule has 6 aliphatic rings. The van der Waals surface area contributed by atoms with Gasteiger partial charge in [-0.05, 0) is 163 Å². The van der Waals surface area contributed by atoms with E-state index in [9.17, 15) is 80.6 Å².